The fourth-order valence-electron chi connectivity index (χ4n) is 3.35. The molecule has 0 unspecified atom stereocenters. The van der Waals surface area contributed by atoms with Crippen molar-refractivity contribution in [1.29, 1.82) is 0 Å². The van der Waals surface area contributed by atoms with E-state index in [1.165, 1.54) is 6.08 Å². The van der Waals surface area contributed by atoms with Crippen molar-refractivity contribution >= 4 is 18.0 Å². The van der Waals surface area contributed by atoms with Gasteiger partial charge >= 0.3 is 5.97 Å². The molecule has 1 amide bonds. The lowest BCUT2D eigenvalue weighted by atomic mass is 10.00. The molecule has 26 heavy (non-hydrogen) atoms. The third kappa shape index (κ3) is 4.56. The number of nitrogens with zero attached hydrogens (tertiary/aromatic N) is 1. The molecular formula is C20H25NO5. The molecule has 1 saturated heterocycles. The first kappa shape index (κ1) is 18.3. The van der Waals surface area contributed by atoms with Crippen molar-refractivity contribution in [2.24, 2.45) is 0 Å². The summed E-state index contributed by atoms with van der Waals surface area (Å²) in [5.41, 5.74) is 0.805. The Morgan fingerprint density at radius 3 is 2.85 bits per heavy atom. The summed E-state index contributed by atoms with van der Waals surface area (Å²) in [6.45, 7) is 3.68. The monoisotopic (exact) mass is 359 g/mol. The van der Waals surface area contributed by atoms with E-state index in [-0.39, 0.29) is 18.6 Å². The normalized spacial score (nSPS) is 19.4. The van der Waals surface area contributed by atoms with E-state index in [9.17, 15) is 9.59 Å². The number of hydrogen-bond donors (Lipinski definition) is 0. The zero-order chi connectivity index (χ0) is 18.4. The lowest BCUT2D eigenvalue weighted by Crippen LogP contribution is -2.45. The fourth-order valence-corrected chi connectivity index (χ4v) is 3.35. The van der Waals surface area contributed by atoms with Gasteiger partial charge in [0.05, 0.1) is 0 Å². The Balaban J connectivity index is 1.50. The van der Waals surface area contributed by atoms with E-state index < -0.39 is 5.97 Å². The van der Waals surface area contributed by atoms with Crippen LogP contribution in [0.15, 0.2) is 24.3 Å². The van der Waals surface area contributed by atoms with Crippen molar-refractivity contribution in [3.8, 4) is 11.5 Å². The number of hydrogen-bond acceptors (Lipinski definition) is 5. The minimum Gasteiger partial charge on any atom is -0.486 e. The Morgan fingerprint density at radius 1 is 1.23 bits per heavy atom. The number of carbonyl (C=O) groups is 2. The van der Waals surface area contributed by atoms with Crippen molar-refractivity contribution in [1.82, 2.24) is 4.90 Å². The van der Waals surface area contributed by atoms with Crippen LogP contribution in [0.2, 0.25) is 0 Å². The summed E-state index contributed by atoms with van der Waals surface area (Å²) in [6, 6.07) is 5.72. The zero-order valence-electron chi connectivity index (χ0n) is 15.1. The Hall–Kier alpha value is -2.50. The average Bonchev–Trinajstić information content (AvgIpc) is 2.70. The van der Waals surface area contributed by atoms with Gasteiger partial charge in [0.25, 0.3) is 5.91 Å². The van der Waals surface area contributed by atoms with Gasteiger partial charge in [0, 0.05) is 18.7 Å². The topological polar surface area (TPSA) is 65.1 Å². The smallest absolute Gasteiger partial charge is 0.331 e. The highest BCUT2D eigenvalue weighted by molar-refractivity contribution is 5.89. The van der Waals surface area contributed by atoms with Gasteiger partial charge < -0.3 is 19.1 Å². The standard InChI is InChI=1S/C20H25NO5/c1-2-16-5-3-4-10-21(16)19(22)14-26-20(23)9-7-15-6-8-17-18(13-15)25-12-11-24-17/h6-9,13,16H,2-5,10-12,14H2,1H3/b9-7+/t16-/m1/s1. The summed E-state index contributed by atoms with van der Waals surface area (Å²) < 4.78 is 16.1. The van der Waals surface area contributed by atoms with E-state index in [1.54, 1.807) is 6.08 Å². The van der Waals surface area contributed by atoms with Crippen LogP contribution in [0.3, 0.4) is 0 Å². The summed E-state index contributed by atoms with van der Waals surface area (Å²) in [6.07, 6.45) is 7.09. The SMILES string of the molecule is CC[C@@H]1CCCCN1C(=O)COC(=O)/C=C/c1ccc2c(c1)OCCO2. The summed E-state index contributed by atoms with van der Waals surface area (Å²) in [5.74, 6) is 0.724. The molecule has 0 N–H and O–H groups in total. The highest BCUT2D eigenvalue weighted by Gasteiger charge is 2.25. The average molecular weight is 359 g/mol. The van der Waals surface area contributed by atoms with E-state index >= 15 is 0 Å². The first-order chi connectivity index (χ1) is 12.7. The fraction of sp³-hybridized carbons (Fsp3) is 0.500. The Morgan fingerprint density at radius 2 is 2.04 bits per heavy atom. The number of esters is 1. The molecule has 2 heterocycles. The maximum atomic E-state index is 12.3. The molecule has 0 aromatic heterocycles. The van der Waals surface area contributed by atoms with Crippen LogP contribution < -0.4 is 9.47 Å². The van der Waals surface area contributed by atoms with Gasteiger partial charge in [0.15, 0.2) is 18.1 Å². The molecular weight excluding hydrogens is 334 g/mol. The largest absolute Gasteiger partial charge is 0.486 e. The first-order valence-electron chi connectivity index (χ1n) is 9.21. The van der Waals surface area contributed by atoms with Gasteiger partial charge in [-0.25, -0.2) is 4.79 Å². The predicted molar refractivity (Wildman–Crippen MR) is 97.1 cm³/mol. The highest BCUT2D eigenvalue weighted by atomic mass is 16.6. The number of rotatable bonds is 5. The molecule has 140 valence electrons. The molecule has 1 fully saturated rings. The van der Waals surface area contributed by atoms with Gasteiger partial charge in [0.2, 0.25) is 0 Å². The number of benzene rings is 1. The van der Waals surface area contributed by atoms with Gasteiger partial charge in [-0.05, 0) is 49.5 Å². The molecule has 1 aromatic rings. The van der Waals surface area contributed by atoms with Crippen LogP contribution in [0.25, 0.3) is 6.08 Å². The van der Waals surface area contributed by atoms with Crippen molar-refractivity contribution in [3.63, 3.8) is 0 Å². The maximum Gasteiger partial charge on any atom is 0.331 e. The minimum absolute atomic E-state index is 0.113. The van der Waals surface area contributed by atoms with Crippen molar-refractivity contribution in [3.05, 3.63) is 29.8 Å². The Bertz CT molecular complexity index is 685. The number of fused-ring (bicyclic) bond motifs is 1. The second-order valence-corrected chi connectivity index (χ2v) is 6.49. The van der Waals surface area contributed by atoms with Gasteiger partial charge in [-0.2, -0.15) is 0 Å². The number of likely N-dealkylation sites (tertiary alicyclic amines) is 1. The van der Waals surface area contributed by atoms with Crippen LogP contribution in [0.5, 0.6) is 11.5 Å². The number of piperidine rings is 1. The Labute approximate surface area is 153 Å². The van der Waals surface area contributed by atoms with Crippen LogP contribution in [0.4, 0.5) is 0 Å². The quantitative estimate of drug-likeness (QED) is 0.597. The molecule has 2 aliphatic rings. The molecule has 0 spiro atoms. The number of amides is 1. The Kier molecular flexibility index (Phi) is 6.15. The zero-order valence-corrected chi connectivity index (χ0v) is 15.1. The third-order valence-corrected chi connectivity index (χ3v) is 4.73. The minimum atomic E-state index is -0.529. The molecule has 0 saturated carbocycles. The van der Waals surface area contributed by atoms with Gasteiger partial charge in [-0.15, -0.1) is 0 Å². The first-order valence-corrected chi connectivity index (χ1v) is 9.21. The molecule has 0 aliphatic carbocycles. The summed E-state index contributed by atoms with van der Waals surface area (Å²) in [5, 5.41) is 0. The van der Waals surface area contributed by atoms with Crippen LogP contribution in [0.1, 0.15) is 38.2 Å². The lowest BCUT2D eigenvalue weighted by molar-refractivity contribution is -0.150. The lowest BCUT2D eigenvalue weighted by Gasteiger charge is -2.35. The second-order valence-electron chi connectivity index (χ2n) is 6.49. The maximum absolute atomic E-state index is 12.3. The molecule has 3 rings (SSSR count). The van der Waals surface area contributed by atoms with Crippen LogP contribution in [-0.4, -0.2) is 49.2 Å². The van der Waals surface area contributed by atoms with E-state index in [0.29, 0.717) is 24.7 Å². The van der Waals surface area contributed by atoms with Gasteiger partial charge in [0.1, 0.15) is 13.2 Å². The summed E-state index contributed by atoms with van der Waals surface area (Å²) in [7, 11) is 0. The highest BCUT2D eigenvalue weighted by Crippen LogP contribution is 2.31. The molecule has 0 radical (unpaired) electrons. The van der Waals surface area contributed by atoms with E-state index in [1.807, 2.05) is 23.1 Å². The van der Waals surface area contributed by atoms with Gasteiger partial charge in [-0.3, -0.25) is 4.79 Å². The number of ether oxygens (including phenoxy) is 3. The van der Waals surface area contributed by atoms with Crippen molar-refractivity contribution in [2.45, 2.75) is 38.6 Å². The van der Waals surface area contributed by atoms with Crippen molar-refractivity contribution in [2.75, 3.05) is 26.4 Å². The van der Waals surface area contributed by atoms with E-state index in [4.69, 9.17) is 14.2 Å². The predicted octanol–water partition coefficient (Wildman–Crippen LogP) is 2.81. The summed E-state index contributed by atoms with van der Waals surface area (Å²) in [4.78, 5) is 26.1. The molecule has 6 nitrogen and oxygen atoms in total. The molecule has 6 heteroatoms. The van der Waals surface area contributed by atoms with Gasteiger partial charge in [-0.1, -0.05) is 13.0 Å². The van der Waals surface area contributed by atoms with Crippen LogP contribution in [0, 0.1) is 0 Å². The summed E-state index contributed by atoms with van der Waals surface area (Å²) >= 11 is 0. The molecule has 0 bridgehead atoms. The van der Waals surface area contributed by atoms with Crippen molar-refractivity contribution < 1.29 is 23.8 Å². The van der Waals surface area contributed by atoms with Crippen LogP contribution in [-0.2, 0) is 14.3 Å². The van der Waals surface area contributed by atoms with E-state index in [0.717, 1.165) is 37.8 Å². The van der Waals surface area contributed by atoms with E-state index in [2.05, 4.69) is 6.92 Å². The number of carbonyl (C=O) groups excluding carboxylic acids is 2. The van der Waals surface area contributed by atoms with Crippen LogP contribution >= 0.6 is 0 Å². The molecule has 1 atom stereocenters. The second kappa shape index (κ2) is 8.74. The molecule has 2 aliphatic heterocycles. The third-order valence-electron chi connectivity index (χ3n) is 4.73. The molecule has 1 aromatic carbocycles.